The zero-order valence-electron chi connectivity index (χ0n) is 36.2. The molecule has 1 aliphatic carbocycles. The van der Waals surface area contributed by atoms with Gasteiger partial charge in [-0.05, 0) is 91.5 Å². The van der Waals surface area contributed by atoms with E-state index in [1.807, 2.05) is 6.20 Å². The summed E-state index contributed by atoms with van der Waals surface area (Å²) in [6, 6.07) is 78.8. The minimum Gasteiger partial charge on any atom is -0.327 e. The van der Waals surface area contributed by atoms with Gasteiger partial charge in [0, 0.05) is 40.7 Å². The molecule has 64 heavy (non-hydrogen) atoms. The Bertz CT molecular complexity index is 3510. The second-order valence-corrected chi connectivity index (χ2v) is 21.6. The SMILES string of the molecule is Cn1c(-c2cccc([Si](c3ccccc3)(c3ccccc3)c3cccc(C4c5cc6c(cc5C(C)(C)c5cccnc54)c4ccccc4n6-c4ccccc4)c3)c2)nc2ccccc21. The highest BCUT2D eigenvalue weighted by Gasteiger charge is 2.44. The van der Waals surface area contributed by atoms with E-state index in [4.69, 9.17) is 9.97 Å². The van der Waals surface area contributed by atoms with Crippen LogP contribution in [-0.4, -0.2) is 27.2 Å². The van der Waals surface area contributed by atoms with Crippen LogP contribution >= 0.6 is 0 Å². The average Bonchev–Trinajstić information content (AvgIpc) is 3.86. The van der Waals surface area contributed by atoms with Gasteiger partial charge in [-0.2, -0.15) is 0 Å². The van der Waals surface area contributed by atoms with Gasteiger partial charge in [-0.1, -0.05) is 178 Å². The van der Waals surface area contributed by atoms with Crippen LogP contribution in [0.1, 0.15) is 47.7 Å². The van der Waals surface area contributed by atoms with Crippen LogP contribution in [0, 0.1) is 0 Å². The molecule has 12 rings (SSSR count). The molecule has 1 aliphatic rings. The topological polar surface area (TPSA) is 35.6 Å². The van der Waals surface area contributed by atoms with Gasteiger partial charge in [-0.25, -0.2) is 4.98 Å². The lowest BCUT2D eigenvalue weighted by Gasteiger charge is -2.40. The first kappa shape index (κ1) is 38.1. The molecule has 0 radical (unpaired) electrons. The van der Waals surface area contributed by atoms with Gasteiger partial charge in [0.1, 0.15) is 5.82 Å². The van der Waals surface area contributed by atoms with Gasteiger partial charge in [0.15, 0.2) is 8.07 Å². The van der Waals surface area contributed by atoms with Crippen LogP contribution in [0.5, 0.6) is 0 Å². The van der Waals surface area contributed by atoms with Crippen molar-refractivity contribution >= 4 is 61.7 Å². The summed E-state index contributed by atoms with van der Waals surface area (Å²) in [5.41, 5.74) is 12.8. The molecule has 8 aromatic carbocycles. The number of rotatable bonds is 7. The summed E-state index contributed by atoms with van der Waals surface area (Å²) in [5.74, 6) is 0.861. The number of pyridine rings is 1. The molecule has 5 heteroatoms. The van der Waals surface area contributed by atoms with E-state index in [1.165, 1.54) is 64.8 Å². The molecule has 0 spiro atoms. The molecule has 0 N–H and O–H groups in total. The molecule has 0 amide bonds. The Morgan fingerprint density at radius 1 is 0.500 bits per heavy atom. The van der Waals surface area contributed by atoms with Gasteiger partial charge in [0.25, 0.3) is 0 Å². The second kappa shape index (κ2) is 14.8. The quantitative estimate of drug-likeness (QED) is 0.118. The third kappa shape index (κ3) is 5.67. The lowest BCUT2D eigenvalue weighted by Crippen LogP contribution is -2.74. The number of imidazole rings is 1. The first-order valence-electron chi connectivity index (χ1n) is 22.2. The lowest BCUT2D eigenvalue weighted by atomic mass is 9.65. The Kier molecular flexibility index (Phi) is 8.79. The van der Waals surface area contributed by atoms with Crippen molar-refractivity contribution in [3.8, 4) is 17.1 Å². The Morgan fingerprint density at radius 2 is 1.12 bits per heavy atom. The first-order valence-corrected chi connectivity index (χ1v) is 24.2. The van der Waals surface area contributed by atoms with Crippen LogP contribution < -0.4 is 20.7 Å². The van der Waals surface area contributed by atoms with Crippen molar-refractivity contribution in [2.24, 2.45) is 7.05 Å². The van der Waals surface area contributed by atoms with Gasteiger partial charge < -0.3 is 9.13 Å². The molecule has 0 saturated heterocycles. The number of para-hydroxylation sites is 4. The zero-order valence-corrected chi connectivity index (χ0v) is 37.2. The molecular formula is C59H46N4Si. The molecule has 0 saturated carbocycles. The third-order valence-electron chi connectivity index (χ3n) is 14.0. The van der Waals surface area contributed by atoms with E-state index >= 15 is 0 Å². The van der Waals surface area contributed by atoms with E-state index in [9.17, 15) is 0 Å². The van der Waals surface area contributed by atoms with E-state index in [0.717, 1.165) is 33.8 Å². The predicted molar refractivity (Wildman–Crippen MR) is 268 cm³/mol. The molecular weight excluding hydrogens is 793 g/mol. The standard InChI is InChI=1S/C59H46N4Si/c1-59(2)50-31-19-35-60-57(50)56(49-39-55-48(38-51(49)59)47-30-13-15-33-53(47)63(55)42-22-7-4-8-23-42)40-20-17-28-45(36-40)64(43-24-9-5-10-25-43,44-26-11-6-12-27-44)46-29-18-21-41(37-46)58-61-52-32-14-16-34-54(52)62(58)3/h4-39,56H,1-3H3. The normalized spacial score (nSPS) is 14.5. The molecule has 306 valence electrons. The Morgan fingerprint density at radius 3 is 1.86 bits per heavy atom. The first-order chi connectivity index (χ1) is 31.4. The number of hydrogen-bond donors (Lipinski definition) is 0. The van der Waals surface area contributed by atoms with E-state index in [0.29, 0.717) is 0 Å². The number of benzene rings is 8. The highest BCUT2D eigenvalue weighted by molar-refractivity contribution is 7.20. The second-order valence-electron chi connectivity index (χ2n) is 17.8. The molecule has 3 aromatic heterocycles. The van der Waals surface area contributed by atoms with Gasteiger partial charge in [-0.15, -0.1) is 0 Å². The monoisotopic (exact) mass is 838 g/mol. The minimum atomic E-state index is -3.01. The highest BCUT2D eigenvalue weighted by Crippen LogP contribution is 2.50. The van der Waals surface area contributed by atoms with Crippen molar-refractivity contribution < 1.29 is 0 Å². The summed E-state index contributed by atoms with van der Waals surface area (Å²) < 4.78 is 4.67. The summed E-state index contributed by atoms with van der Waals surface area (Å²) in [4.78, 5) is 10.5. The fourth-order valence-corrected chi connectivity index (χ4v) is 15.9. The summed E-state index contributed by atoms with van der Waals surface area (Å²) in [6.45, 7) is 4.75. The van der Waals surface area contributed by atoms with Crippen molar-refractivity contribution in [2.45, 2.75) is 25.2 Å². The third-order valence-corrected chi connectivity index (χ3v) is 18.8. The fraction of sp³-hybridized carbons (Fsp3) is 0.0847. The molecule has 3 heterocycles. The van der Waals surface area contributed by atoms with Crippen LogP contribution in [0.15, 0.2) is 219 Å². The molecule has 11 aromatic rings. The maximum atomic E-state index is 5.31. The zero-order chi connectivity index (χ0) is 43.0. The number of nitrogens with zero attached hydrogens (tertiary/aromatic N) is 4. The number of aryl methyl sites for hydroxylation is 1. The van der Waals surface area contributed by atoms with E-state index < -0.39 is 8.07 Å². The molecule has 1 atom stereocenters. The Hall–Kier alpha value is -7.60. The van der Waals surface area contributed by atoms with Crippen molar-refractivity contribution in [1.29, 1.82) is 0 Å². The van der Waals surface area contributed by atoms with Crippen LogP contribution in [-0.2, 0) is 12.5 Å². The largest absolute Gasteiger partial charge is 0.327 e. The molecule has 0 bridgehead atoms. The smallest absolute Gasteiger partial charge is 0.179 e. The predicted octanol–water partition coefficient (Wildman–Crippen LogP) is 10.9. The van der Waals surface area contributed by atoms with E-state index in [2.05, 4.69) is 242 Å². The number of aromatic nitrogens is 4. The van der Waals surface area contributed by atoms with Crippen molar-refractivity contribution in [3.63, 3.8) is 0 Å². The van der Waals surface area contributed by atoms with Gasteiger partial charge >= 0.3 is 0 Å². The van der Waals surface area contributed by atoms with Gasteiger partial charge in [0.2, 0.25) is 0 Å². The van der Waals surface area contributed by atoms with Crippen LogP contribution in [0.25, 0.3) is 49.9 Å². The van der Waals surface area contributed by atoms with Gasteiger partial charge in [-0.3, -0.25) is 4.98 Å². The molecule has 1 unspecified atom stereocenters. The van der Waals surface area contributed by atoms with E-state index in [-0.39, 0.29) is 11.3 Å². The van der Waals surface area contributed by atoms with Crippen LogP contribution in [0.2, 0.25) is 0 Å². The molecule has 0 fully saturated rings. The average molecular weight is 839 g/mol. The van der Waals surface area contributed by atoms with Gasteiger partial charge in [0.05, 0.1) is 33.7 Å². The highest BCUT2D eigenvalue weighted by atomic mass is 28.3. The summed E-state index contributed by atoms with van der Waals surface area (Å²) >= 11 is 0. The maximum absolute atomic E-state index is 5.31. The van der Waals surface area contributed by atoms with Crippen LogP contribution in [0.4, 0.5) is 0 Å². The lowest BCUT2D eigenvalue weighted by molar-refractivity contribution is 0.589. The van der Waals surface area contributed by atoms with Crippen molar-refractivity contribution in [3.05, 3.63) is 246 Å². The Labute approximate surface area is 374 Å². The maximum Gasteiger partial charge on any atom is 0.179 e. The summed E-state index contributed by atoms with van der Waals surface area (Å²) in [7, 11) is -0.880. The number of hydrogen-bond acceptors (Lipinski definition) is 2. The van der Waals surface area contributed by atoms with Crippen molar-refractivity contribution in [1.82, 2.24) is 19.1 Å². The number of fused-ring (bicyclic) bond motifs is 6. The summed E-state index contributed by atoms with van der Waals surface area (Å²) in [5, 5.41) is 7.83. The molecule has 0 aliphatic heterocycles. The van der Waals surface area contributed by atoms with E-state index in [1.54, 1.807) is 0 Å². The van der Waals surface area contributed by atoms with Crippen LogP contribution in [0.3, 0.4) is 0 Å². The van der Waals surface area contributed by atoms with Crippen molar-refractivity contribution in [2.75, 3.05) is 0 Å². The minimum absolute atomic E-state index is 0.101. The Balaban J connectivity index is 1.13. The fourth-order valence-electron chi connectivity index (χ4n) is 11.1. The molecule has 4 nitrogen and oxygen atoms in total. The summed E-state index contributed by atoms with van der Waals surface area (Å²) in [6.07, 6.45) is 1.98.